The van der Waals surface area contributed by atoms with Crippen molar-refractivity contribution in [2.45, 2.75) is 39.5 Å². The fraction of sp³-hybridized carbons (Fsp3) is 0.474. The number of hydrogen-bond acceptors (Lipinski definition) is 7. The second-order valence-corrected chi connectivity index (χ2v) is 10.1. The van der Waals surface area contributed by atoms with Crippen LogP contribution in [-0.2, 0) is 21.3 Å². The van der Waals surface area contributed by atoms with Crippen molar-refractivity contribution in [1.82, 2.24) is 9.88 Å². The van der Waals surface area contributed by atoms with Gasteiger partial charge in [-0.05, 0) is 38.5 Å². The van der Waals surface area contributed by atoms with E-state index in [4.69, 9.17) is 4.74 Å². The highest BCUT2D eigenvalue weighted by Crippen LogP contribution is 2.22. The Bertz CT molecular complexity index is 980. The number of nitrogens with one attached hydrogen (secondary N) is 2. The molecule has 1 saturated heterocycles. The van der Waals surface area contributed by atoms with Gasteiger partial charge < -0.3 is 4.74 Å². The van der Waals surface area contributed by atoms with Gasteiger partial charge in [0.25, 0.3) is 5.91 Å². The number of aryl methyl sites for hydroxylation is 1. The van der Waals surface area contributed by atoms with Gasteiger partial charge in [-0.3, -0.25) is 19.7 Å². The Morgan fingerprint density at radius 3 is 2.66 bits per heavy atom. The molecule has 2 aromatic rings. The van der Waals surface area contributed by atoms with Gasteiger partial charge >= 0.3 is 0 Å². The zero-order chi connectivity index (χ0) is 21.2. The molecule has 2 N–H and O–H groups in total. The summed E-state index contributed by atoms with van der Waals surface area (Å²) in [6.45, 7) is 8.30. The fourth-order valence-corrected chi connectivity index (χ4v) is 4.64. The molecule has 8 nitrogen and oxygen atoms in total. The van der Waals surface area contributed by atoms with Gasteiger partial charge in [-0.25, -0.2) is 13.4 Å². The lowest BCUT2D eigenvalue weighted by Crippen LogP contribution is -2.44. The minimum atomic E-state index is -3.43. The predicted molar refractivity (Wildman–Crippen MR) is 115 cm³/mol. The van der Waals surface area contributed by atoms with Crippen molar-refractivity contribution in [2.24, 2.45) is 0 Å². The molecule has 0 unspecified atom stereocenters. The summed E-state index contributed by atoms with van der Waals surface area (Å²) in [5.74, 6) is -0.337. The number of anilines is 2. The van der Waals surface area contributed by atoms with E-state index >= 15 is 0 Å². The van der Waals surface area contributed by atoms with E-state index in [2.05, 4.69) is 33.8 Å². The number of rotatable bonds is 6. The van der Waals surface area contributed by atoms with E-state index in [1.54, 1.807) is 19.1 Å². The average molecular weight is 439 g/mol. The minimum Gasteiger partial charge on any atom is -0.373 e. The topological polar surface area (TPSA) is 101 Å². The number of nitrogens with zero attached hydrogens (tertiary/aromatic N) is 2. The number of hydrogen-bond donors (Lipinski definition) is 2. The number of aromatic nitrogens is 1. The largest absolute Gasteiger partial charge is 0.373 e. The summed E-state index contributed by atoms with van der Waals surface area (Å²) in [6.07, 6.45) is 1.45. The highest BCUT2D eigenvalue weighted by Gasteiger charge is 2.23. The lowest BCUT2D eigenvalue weighted by atomic mass is 10.1. The van der Waals surface area contributed by atoms with Gasteiger partial charge in [0.15, 0.2) is 5.13 Å². The van der Waals surface area contributed by atoms with Crippen LogP contribution in [0.25, 0.3) is 0 Å². The summed E-state index contributed by atoms with van der Waals surface area (Å²) < 4.78 is 31.2. The van der Waals surface area contributed by atoms with Crippen LogP contribution >= 0.6 is 11.3 Å². The van der Waals surface area contributed by atoms with E-state index in [9.17, 15) is 13.2 Å². The number of amides is 1. The normalized spacial score (nSPS) is 20.4. The molecule has 10 heteroatoms. The van der Waals surface area contributed by atoms with Crippen molar-refractivity contribution in [3.8, 4) is 0 Å². The Morgan fingerprint density at radius 1 is 1.31 bits per heavy atom. The van der Waals surface area contributed by atoms with Gasteiger partial charge in [-0.15, -0.1) is 11.3 Å². The van der Waals surface area contributed by atoms with Crippen LogP contribution in [0.3, 0.4) is 0 Å². The van der Waals surface area contributed by atoms with Crippen LogP contribution in [0.1, 0.15) is 35.5 Å². The number of carbonyl (C=O) groups excluding carboxylic acids is 1. The quantitative estimate of drug-likeness (QED) is 0.719. The monoisotopic (exact) mass is 438 g/mol. The zero-order valence-electron chi connectivity index (χ0n) is 16.9. The standard InChI is InChI=1S/C19H26N4O4S2/c1-12-5-6-15(7-17(12)22-29(4,25)26)18(24)21-19-20-16(11-28-19)10-23-8-13(2)27-14(3)9-23/h5-7,11,13-14,22H,8-10H2,1-4H3,(H,20,21,24)/t13-,14-/m0/s1. The molecule has 0 saturated carbocycles. The highest BCUT2D eigenvalue weighted by molar-refractivity contribution is 7.92. The third-order valence-corrected chi connectivity index (χ3v) is 5.85. The first-order chi connectivity index (χ1) is 13.6. The van der Waals surface area contributed by atoms with Crippen molar-refractivity contribution in [1.29, 1.82) is 0 Å². The first-order valence-corrected chi connectivity index (χ1v) is 12.1. The average Bonchev–Trinajstić information content (AvgIpc) is 3.01. The van der Waals surface area contributed by atoms with E-state index in [1.165, 1.54) is 17.4 Å². The van der Waals surface area contributed by atoms with Crippen LogP contribution in [0.5, 0.6) is 0 Å². The molecule has 2 heterocycles. The maximum Gasteiger partial charge on any atom is 0.257 e. The van der Waals surface area contributed by atoms with Gasteiger partial charge in [-0.2, -0.15) is 0 Å². The van der Waals surface area contributed by atoms with Gasteiger partial charge in [0.2, 0.25) is 10.0 Å². The van der Waals surface area contributed by atoms with Gasteiger partial charge in [0.05, 0.1) is 29.8 Å². The molecular formula is C19H26N4O4S2. The van der Waals surface area contributed by atoms with E-state index < -0.39 is 10.0 Å². The maximum absolute atomic E-state index is 12.6. The lowest BCUT2D eigenvalue weighted by Gasteiger charge is -2.34. The van der Waals surface area contributed by atoms with Crippen LogP contribution in [0.2, 0.25) is 0 Å². The first kappa shape index (κ1) is 21.7. The van der Waals surface area contributed by atoms with Gasteiger partial charge in [-0.1, -0.05) is 6.07 Å². The molecule has 0 aliphatic carbocycles. The smallest absolute Gasteiger partial charge is 0.257 e. The second kappa shape index (κ2) is 8.78. The minimum absolute atomic E-state index is 0.188. The van der Waals surface area contributed by atoms with E-state index in [0.717, 1.165) is 30.6 Å². The summed E-state index contributed by atoms with van der Waals surface area (Å²) >= 11 is 1.37. The number of morpholine rings is 1. The molecule has 1 aromatic carbocycles. The first-order valence-electron chi connectivity index (χ1n) is 9.31. The third-order valence-electron chi connectivity index (χ3n) is 4.45. The molecule has 1 aromatic heterocycles. The Labute approximate surface area is 175 Å². The molecule has 0 radical (unpaired) electrons. The number of ether oxygens (including phenoxy) is 1. The van der Waals surface area contributed by atoms with Crippen molar-refractivity contribution in [2.75, 3.05) is 29.4 Å². The predicted octanol–water partition coefficient (Wildman–Crippen LogP) is 2.68. The summed E-state index contributed by atoms with van der Waals surface area (Å²) in [5, 5.41) is 5.24. The number of carbonyl (C=O) groups is 1. The van der Waals surface area contributed by atoms with Crippen LogP contribution in [0.15, 0.2) is 23.6 Å². The maximum atomic E-state index is 12.6. The second-order valence-electron chi connectivity index (χ2n) is 7.45. The summed E-state index contributed by atoms with van der Waals surface area (Å²) in [6, 6.07) is 4.89. The number of benzene rings is 1. The Morgan fingerprint density at radius 2 is 2.00 bits per heavy atom. The van der Waals surface area contributed by atoms with E-state index in [-0.39, 0.29) is 18.1 Å². The summed E-state index contributed by atoms with van der Waals surface area (Å²) in [4.78, 5) is 19.4. The van der Waals surface area contributed by atoms with Gasteiger partial charge in [0.1, 0.15) is 0 Å². The SMILES string of the molecule is Cc1ccc(C(=O)Nc2nc(CN3C[C@H](C)O[C@@H](C)C3)cs2)cc1NS(C)(=O)=O. The summed E-state index contributed by atoms with van der Waals surface area (Å²) in [5.41, 5.74) is 2.37. The lowest BCUT2D eigenvalue weighted by molar-refractivity contribution is -0.0707. The third kappa shape index (κ3) is 6.23. The molecule has 0 spiro atoms. The van der Waals surface area contributed by atoms with Crippen LogP contribution in [0.4, 0.5) is 10.8 Å². The molecule has 0 bridgehead atoms. The molecule has 3 rings (SSSR count). The Hall–Kier alpha value is -2.01. The van der Waals surface area contributed by atoms with Crippen molar-refractivity contribution >= 4 is 38.1 Å². The van der Waals surface area contributed by atoms with Crippen LogP contribution in [0, 0.1) is 6.92 Å². The molecule has 158 valence electrons. The van der Waals surface area contributed by atoms with E-state index in [0.29, 0.717) is 22.9 Å². The molecule has 29 heavy (non-hydrogen) atoms. The summed E-state index contributed by atoms with van der Waals surface area (Å²) in [7, 11) is -3.43. The Kier molecular flexibility index (Phi) is 6.57. The Balaban J connectivity index is 1.65. The molecule has 1 aliphatic rings. The van der Waals surface area contributed by atoms with Crippen molar-refractivity contribution in [3.05, 3.63) is 40.4 Å². The fourth-order valence-electron chi connectivity index (χ4n) is 3.32. The molecule has 2 atom stereocenters. The van der Waals surface area contributed by atoms with Crippen LogP contribution < -0.4 is 10.0 Å². The molecule has 1 amide bonds. The van der Waals surface area contributed by atoms with Crippen molar-refractivity contribution in [3.63, 3.8) is 0 Å². The molecule has 1 aliphatic heterocycles. The van der Waals surface area contributed by atoms with Crippen LogP contribution in [-0.4, -0.2) is 55.8 Å². The van der Waals surface area contributed by atoms with Crippen molar-refractivity contribution < 1.29 is 17.9 Å². The molecule has 1 fully saturated rings. The highest BCUT2D eigenvalue weighted by atomic mass is 32.2. The van der Waals surface area contributed by atoms with Gasteiger partial charge in [0, 0.05) is 30.6 Å². The van der Waals surface area contributed by atoms with E-state index in [1.807, 2.05) is 5.38 Å². The number of sulfonamides is 1. The molecular weight excluding hydrogens is 412 g/mol. The number of thiazole rings is 1. The zero-order valence-corrected chi connectivity index (χ0v) is 18.6.